The predicted octanol–water partition coefficient (Wildman–Crippen LogP) is 1.43. The van der Waals surface area contributed by atoms with Gasteiger partial charge in [-0.25, -0.2) is 0 Å². The summed E-state index contributed by atoms with van der Waals surface area (Å²) in [4.78, 5) is 0. The highest BCUT2D eigenvalue weighted by Crippen LogP contribution is 1.85. The van der Waals surface area contributed by atoms with E-state index in [9.17, 15) is 0 Å². The molecule has 44 valence electrons. The largest absolute Gasteiger partial charge is 0.405 e. The van der Waals surface area contributed by atoms with Crippen molar-refractivity contribution < 1.29 is 0 Å². The Morgan fingerprint density at radius 3 is 2.50 bits per heavy atom. The molecular formula is C5H7IN2. The highest BCUT2D eigenvalue weighted by molar-refractivity contribution is 14.1. The number of halogens is 1. The minimum absolute atomic E-state index is 0.418. The van der Waals surface area contributed by atoms with Gasteiger partial charge in [0.2, 0.25) is 0 Å². The molecule has 0 aliphatic heterocycles. The summed E-state index contributed by atoms with van der Waals surface area (Å²) in [5.41, 5.74) is 5.42. The van der Waals surface area contributed by atoms with E-state index in [4.69, 9.17) is 11.1 Å². The molecule has 0 saturated heterocycles. The molecule has 0 aromatic heterocycles. The van der Waals surface area contributed by atoms with Gasteiger partial charge in [-0.2, -0.15) is 0 Å². The lowest BCUT2D eigenvalue weighted by Gasteiger charge is -1.79. The summed E-state index contributed by atoms with van der Waals surface area (Å²) in [6.07, 6.45) is 4.53. The second-order valence-corrected chi connectivity index (χ2v) is 1.83. The van der Waals surface area contributed by atoms with Crippen LogP contribution >= 0.6 is 22.6 Å². The SMILES string of the molecule is N=C(C=CN)/C=C\I. The Labute approximate surface area is 62.1 Å². The normalized spacial score (nSPS) is 11.1. The van der Waals surface area contributed by atoms with Crippen LogP contribution in [0.25, 0.3) is 0 Å². The van der Waals surface area contributed by atoms with Gasteiger partial charge in [0.05, 0.1) is 5.71 Å². The van der Waals surface area contributed by atoms with Gasteiger partial charge in [0.1, 0.15) is 0 Å². The van der Waals surface area contributed by atoms with Crippen molar-refractivity contribution in [3.8, 4) is 0 Å². The summed E-state index contributed by atoms with van der Waals surface area (Å²) in [6, 6.07) is 0. The van der Waals surface area contributed by atoms with Crippen molar-refractivity contribution >= 4 is 28.3 Å². The summed E-state index contributed by atoms with van der Waals surface area (Å²) in [7, 11) is 0. The van der Waals surface area contributed by atoms with Gasteiger partial charge in [-0.1, -0.05) is 22.6 Å². The molecule has 0 heterocycles. The first-order valence-electron chi connectivity index (χ1n) is 2.05. The summed E-state index contributed by atoms with van der Waals surface area (Å²) in [5, 5.41) is 7.03. The van der Waals surface area contributed by atoms with E-state index in [-0.39, 0.29) is 0 Å². The van der Waals surface area contributed by atoms with Crippen LogP contribution in [0.5, 0.6) is 0 Å². The molecule has 0 rings (SSSR count). The van der Waals surface area contributed by atoms with Gasteiger partial charge in [0.15, 0.2) is 0 Å². The Kier molecular flexibility index (Phi) is 4.64. The van der Waals surface area contributed by atoms with Gasteiger partial charge in [-0.3, -0.25) is 0 Å². The Bertz CT molecular complexity index is 112. The number of hydrogen-bond donors (Lipinski definition) is 2. The van der Waals surface area contributed by atoms with Crippen molar-refractivity contribution in [2.24, 2.45) is 5.73 Å². The molecule has 3 N–H and O–H groups in total. The lowest BCUT2D eigenvalue weighted by Crippen LogP contribution is -1.85. The minimum atomic E-state index is 0.418. The van der Waals surface area contributed by atoms with Gasteiger partial charge >= 0.3 is 0 Å². The van der Waals surface area contributed by atoms with Gasteiger partial charge in [-0.05, 0) is 22.4 Å². The van der Waals surface area contributed by atoms with Crippen molar-refractivity contribution in [2.45, 2.75) is 0 Å². The quantitative estimate of drug-likeness (QED) is 0.538. The fourth-order valence-corrected chi connectivity index (χ4v) is 0.614. The smallest absolute Gasteiger partial charge is 0.0558 e. The molecule has 0 saturated carbocycles. The Morgan fingerprint density at radius 2 is 2.12 bits per heavy atom. The first-order valence-corrected chi connectivity index (χ1v) is 3.29. The third-order valence-electron chi connectivity index (χ3n) is 0.518. The van der Waals surface area contributed by atoms with E-state index < -0.39 is 0 Å². The maximum absolute atomic E-state index is 7.03. The highest BCUT2D eigenvalue weighted by Gasteiger charge is 1.75. The zero-order chi connectivity index (χ0) is 6.41. The molecule has 0 aliphatic carbocycles. The summed E-state index contributed by atoms with van der Waals surface area (Å²) in [5.74, 6) is 0. The fourth-order valence-electron chi connectivity index (χ4n) is 0.227. The molecule has 0 unspecified atom stereocenters. The minimum Gasteiger partial charge on any atom is -0.405 e. The standard InChI is InChI=1S/C5H7IN2/c6-3-1-5(8)2-4-7/h1-4,8H,7H2/b3-1-,4-2?,8-5?. The van der Waals surface area contributed by atoms with Crippen LogP contribution in [0.4, 0.5) is 0 Å². The molecule has 0 fully saturated rings. The fraction of sp³-hybridized carbons (Fsp3) is 0. The van der Waals surface area contributed by atoms with Crippen LogP contribution in [-0.4, -0.2) is 5.71 Å². The lowest BCUT2D eigenvalue weighted by atomic mass is 10.4. The van der Waals surface area contributed by atoms with E-state index in [1.165, 1.54) is 12.3 Å². The third kappa shape index (κ3) is 3.86. The van der Waals surface area contributed by atoms with E-state index in [1.54, 1.807) is 10.2 Å². The lowest BCUT2D eigenvalue weighted by molar-refractivity contribution is 1.52. The molecule has 0 bridgehead atoms. The molecule has 0 amide bonds. The third-order valence-corrected chi connectivity index (χ3v) is 0.878. The average Bonchev–Trinajstić information content (AvgIpc) is 1.68. The zero-order valence-corrected chi connectivity index (χ0v) is 6.42. The first-order chi connectivity index (χ1) is 3.81. The number of allylic oxidation sites excluding steroid dienone is 2. The van der Waals surface area contributed by atoms with Crippen LogP contribution in [0, 0.1) is 5.41 Å². The molecule has 0 atom stereocenters. The Morgan fingerprint density at radius 1 is 1.50 bits per heavy atom. The van der Waals surface area contributed by atoms with Crippen molar-refractivity contribution in [3.63, 3.8) is 0 Å². The second kappa shape index (κ2) is 4.83. The van der Waals surface area contributed by atoms with E-state index >= 15 is 0 Å². The molecule has 0 aromatic rings. The Hall–Kier alpha value is -0.320. The van der Waals surface area contributed by atoms with Crippen LogP contribution in [0.15, 0.2) is 22.4 Å². The summed E-state index contributed by atoms with van der Waals surface area (Å²) in [6.45, 7) is 0. The van der Waals surface area contributed by atoms with Crippen LogP contribution in [0.3, 0.4) is 0 Å². The van der Waals surface area contributed by atoms with E-state index in [2.05, 4.69) is 0 Å². The molecular weight excluding hydrogens is 215 g/mol. The second-order valence-electron chi connectivity index (χ2n) is 1.11. The van der Waals surface area contributed by atoms with Gasteiger partial charge in [-0.15, -0.1) is 0 Å². The summed E-state index contributed by atoms with van der Waals surface area (Å²) < 4.78 is 1.76. The van der Waals surface area contributed by atoms with Gasteiger partial charge in [0, 0.05) is 0 Å². The number of nitrogens with two attached hydrogens (primary N) is 1. The maximum Gasteiger partial charge on any atom is 0.0558 e. The first kappa shape index (κ1) is 7.68. The monoisotopic (exact) mass is 222 g/mol. The molecule has 0 aliphatic rings. The van der Waals surface area contributed by atoms with Crippen LogP contribution in [-0.2, 0) is 0 Å². The number of rotatable bonds is 2. The number of nitrogens with one attached hydrogen (secondary N) is 1. The van der Waals surface area contributed by atoms with Crippen molar-refractivity contribution in [1.82, 2.24) is 0 Å². The molecule has 0 spiro atoms. The molecule has 0 aromatic carbocycles. The van der Waals surface area contributed by atoms with E-state index in [0.717, 1.165) is 0 Å². The van der Waals surface area contributed by atoms with Crippen molar-refractivity contribution in [3.05, 3.63) is 22.4 Å². The summed E-state index contributed by atoms with van der Waals surface area (Å²) >= 11 is 2.05. The predicted molar refractivity (Wildman–Crippen MR) is 44.2 cm³/mol. The molecule has 3 heteroatoms. The van der Waals surface area contributed by atoms with Crippen molar-refractivity contribution in [1.29, 1.82) is 5.41 Å². The zero-order valence-electron chi connectivity index (χ0n) is 4.26. The average molecular weight is 222 g/mol. The van der Waals surface area contributed by atoms with Crippen molar-refractivity contribution in [2.75, 3.05) is 0 Å². The van der Waals surface area contributed by atoms with Crippen LogP contribution in [0.2, 0.25) is 0 Å². The van der Waals surface area contributed by atoms with Crippen LogP contribution < -0.4 is 5.73 Å². The topological polar surface area (TPSA) is 49.9 Å². The highest BCUT2D eigenvalue weighted by atomic mass is 127. The molecule has 0 radical (unpaired) electrons. The van der Waals surface area contributed by atoms with Crippen LogP contribution in [0.1, 0.15) is 0 Å². The maximum atomic E-state index is 7.03. The Balaban J connectivity index is 3.66. The van der Waals surface area contributed by atoms with Gasteiger partial charge in [0.25, 0.3) is 0 Å². The number of hydrogen-bond acceptors (Lipinski definition) is 2. The molecule has 8 heavy (non-hydrogen) atoms. The van der Waals surface area contributed by atoms with E-state index in [1.807, 2.05) is 22.6 Å². The van der Waals surface area contributed by atoms with E-state index in [0.29, 0.717) is 5.71 Å². The van der Waals surface area contributed by atoms with Gasteiger partial charge < -0.3 is 11.1 Å². The molecule has 2 nitrogen and oxygen atoms in total.